The highest BCUT2D eigenvalue weighted by atomic mass is 16.5. The van der Waals surface area contributed by atoms with Crippen LogP contribution in [0.4, 0.5) is 0 Å². The molecule has 2 aromatic carbocycles. The number of hydrogen-bond donors (Lipinski definition) is 0. The fourth-order valence-electron chi connectivity index (χ4n) is 2.43. The number of hydrogen-bond acceptors (Lipinski definition) is 3. The molecule has 0 unspecified atom stereocenters. The Balaban J connectivity index is 2.12. The second-order valence-electron chi connectivity index (χ2n) is 4.56. The molecule has 0 amide bonds. The monoisotopic (exact) mass is 252 g/mol. The lowest BCUT2D eigenvalue weighted by Gasteiger charge is -2.25. The average molecular weight is 252 g/mol. The molecule has 94 valence electrons. The number of benzene rings is 2. The summed E-state index contributed by atoms with van der Waals surface area (Å²) < 4.78 is 5.23. The fourth-order valence-corrected chi connectivity index (χ4v) is 2.43. The summed E-state index contributed by atoms with van der Waals surface area (Å²) in [5, 5.41) is 0. The summed E-state index contributed by atoms with van der Waals surface area (Å²) in [6, 6.07) is 14.9. The number of carbonyl (C=O) groups is 2. The van der Waals surface area contributed by atoms with Crippen LogP contribution in [-0.2, 0) is 4.79 Å². The second-order valence-corrected chi connectivity index (χ2v) is 4.56. The lowest BCUT2D eigenvalue weighted by molar-refractivity contribution is -0.135. The van der Waals surface area contributed by atoms with Gasteiger partial charge < -0.3 is 4.74 Å². The smallest absolute Gasteiger partial charge is 0.312 e. The molecule has 0 radical (unpaired) electrons. The summed E-state index contributed by atoms with van der Waals surface area (Å²) in [6.07, 6.45) is 1.11. The molecule has 1 heterocycles. The third-order valence-electron chi connectivity index (χ3n) is 3.34. The van der Waals surface area contributed by atoms with Crippen LogP contribution in [0.3, 0.4) is 0 Å². The van der Waals surface area contributed by atoms with E-state index in [1.165, 1.54) is 0 Å². The van der Waals surface area contributed by atoms with Crippen molar-refractivity contribution < 1.29 is 14.3 Å². The summed E-state index contributed by atoms with van der Waals surface area (Å²) in [7, 11) is 0. The molecule has 2 aromatic rings. The third-order valence-corrected chi connectivity index (χ3v) is 3.34. The van der Waals surface area contributed by atoms with Crippen LogP contribution < -0.4 is 4.74 Å². The Bertz CT molecular complexity index is 632. The van der Waals surface area contributed by atoms with Gasteiger partial charge in [-0.05, 0) is 23.8 Å². The molecule has 0 aliphatic carbocycles. The lowest BCUT2D eigenvalue weighted by atomic mass is 9.86. The number of fused-ring (bicyclic) bond motifs is 1. The Morgan fingerprint density at radius 1 is 1.11 bits per heavy atom. The van der Waals surface area contributed by atoms with Gasteiger partial charge in [-0.15, -0.1) is 0 Å². The Morgan fingerprint density at radius 3 is 2.63 bits per heavy atom. The van der Waals surface area contributed by atoms with Crippen molar-refractivity contribution in [3.8, 4) is 5.75 Å². The number of esters is 1. The zero-order chi connectivity index (χ0) is 13.2. The van der Waals surface area contributed by atoms with E-state index in [1.54, 1.807) is 18.2 Å². The van der Waals surface area contributed by atoms with E-state index in [0.29, 0.717) is 17.7 Å². The molecule has 3 heteroatoms. The number of rotatable bonds is 2. The van der Waals surface area contributed by atoms with Gasteiger partial charge in [0, 0.05) is 17.0 Å². The Morgan fingerprint density at radius 2 is 1.89 bits per heavy atom. The predicted molar refractivity (Wildman–Crippen MR) is 70.4 cm³/mol. The average Bonchev–Trinajstić information content (AvgIpc) is 2.47. The van der Waals surface area contributed by atoms with Gasteiger partial charge in [0.1, 0.15) is 12.0 Å². The molecule has 0 N–H and O–H groups in total. The Kier molecular flexibility index (Phi) is 2.88. The van der Waals surface area contributed by atoms with Crippen LogP contribution >= 0.6 is 0 Å². The van der Waals surface area contributed by atoms with Gasteiger partial charge in [-0.1, -0.05) is 30.3 Å². The van der Waals surface area contributed by atoms with E-state index in [0.717, 1.165) is 17.4 Å². The van der Waals surface area contributed by atoms with E-state index in [9.17, 15) is 9.59 Å². The van der Waals surface area contributed by atoms with Gasteiger partial charge >= 0.3 is 5.97 Å². The van der Waals surface area contributed by atoms with Crippen molar-refractivity contribution in [1.29, 1.82) is 0 Å². The summed E-state index contributed by atoms with van der Waals surface area (Å²) in [5.74, 6) is 0.272. The summed E-state index contributed by atoms with van der Waals surface area (Å²) in [5.41, 5.74) is 2.55. The highest BCUT2D eigenvalue weighted by molar-refractivity contribution is 5.80. The van der Waals surface area contributed by atoms with Gasteiger partial charge in [-0.3, -0.25) is 9.59 Å². The first-order valence-corrected chi connectivity index (χ1v) is 6.12. The van der Waals surface area contributed by atoms with Crippen molar-refractivity contribution >= 4 is 12.3 Å². The molecule has 1 atom stereocenters. The molecule has 1 aliphatic heterocycles. The minimum atomic E-state index is -0.236. The maximum absolute atomic E-state index is 11.7. The first kappa shape index (κ1) is 11.7. The van der Waals surface area contributed by atoms with Gasteiger partial charge in [0.05, 0.1) is 6.42 Å². The quantitative estimate of drug-likeness (QED) is 0.469. The molecule has 0 aromatic heterocycles. The number of ether oxygens (including phenoxy) is 1. The number of aldehydes is 1. The van der Waals surface area contributed by atoms with Crippen molar-refractivity contribution in [1.82, 2.24) is 0 Å². The Hall–Kier alpha value is -2.42. The van der Waals surface area contributed by atoms with E-state index in [-0.39, 0.29) is 11.9 Å². The third kappa shape index (κ3) is 2.15. The minimum Gasteiger partial charge on any atom is -0.426 e. The maximum Gasteiger partial charge on any atom is 0.312 e. The first-order chi connectivity index (χ1) is 9.28. The van der Waals surface area contributed by atoms with Crippen LogP contribution in [0.2, 0.25) is 0 Å². The van der Waals surface area contributed by atoms with Crippen molar-refractivity contribution in [3.63, 3.8) is 0 Å². The summed E-state index contributed by atoms with van der Waals surface area (Å²) in [4.78, 5) is 22.6. The summed E-state index contributed by atoms with van der Waals surface area (Å²) >= 11 is 0. The standard InChI is InChI=1S/C16H12O3/c17-10-11-6-7-15-14(8-11)13(9-16(18)19-15)12-4-2-1-3-5-12/h1-8,10,13H,9H2/t13-/m1/s1. The fraction of sp³-hybridized carbons (Fsp3) is 0.125. The number of carbonyl (C=O) groups excluding carboxylic acids is 2. The van der Waals surface area contributed by atoms with E-state index >= 15 is 0 Å². The molecule has 1 aliphatic rings. The van der Waals surface area contributed by atoms with Gasteiger partial charge in [-0.2, -0.15) is 0 Å². The molecular formula is C16H12O3. The molecule has 3 nitrogen and oxygen atoms in total. The zero-order valence-corrected chi connectivity index (χ0v) is 10.2. The highest BCUT2D eigenvalue weighted by Gasteiger charge is 2.28. The molecule has 19 heavy (non-hydrogen) atoms. The molecule has 0 saturated heterocycles. The minimum absolute atomic E-state index is 0.0441. The maximum atomic E-state index is 11.7. The largest absolute Gasteiger partial charge is 0.426 e. The summed E-state index contributed by atoms with van der Waals surface area (Å²) in [6.45, 7) is 0. The second kappa shape index (κ2) is 4.69. The van der Waals surface area contributed by atoms with E-state index in [4.69, 9.17) is 4.74 Å². The molecule has 0 saturated carbocycles. The molecular weight excluding hydrogens is 240 g/mol. The van der Waals surface area contributed by atoms with Crippen molar-refractivity contribution in [2.24, 2.45) is 0 Å². The highest BCUT2D eigenvalue weighted by Crippen LogP contribution is 2.38. The van der Waals surface area contributed by atoms with Gasteiger partial charge in [-0.25, -0.2) is 0 Å². The van der Waals surface area contributed by atoms with Crippen LogP contribution in [-0.4, -0.2) is 12.3 Å². The van der Waals surface area contributed by atoms with Crippen LogP contribution in [0.25, 0.3) is 0 Å². The molecule has 0 spiro atoms. The van der Waals surface area contributed by atoms with Crippen LogP contribution in [0.1, 0.15) is 33.8 Å². The van der Waals surface area contributed by atoms with Gasteiger partial charge in [0.25, 0.3) is 0 Å². The van der Waals surface area contributed by atoms with Crippen molar-refractivity contribution in [3.05, 3.63) is 65.2 Å². The van der Waals surface area contributed by atoms with Gasteiger partial charge in [0.15, 0.2) is 0 Å². The van der Waals surface area contributed by atoms with Crippen molar-refractivity contribution in [2.75, 3.05) is 0 Å². The molecule has 0 bridgehead atoms. The molecule has 3 rings (SSSR count). The lowest BCUT2D eigenvalue weighted by Crippen LogP contribution is -2.21. The van der Waals surface area contributed by atoms with Crippen LogP contribution in [0.5, 0.6) is 5.75 Å². The topological polar surface area (TPSA) is 43.4 Å². The Labute approximate surface area is 110 Å². The van der Waals surface area contributed by atoms with E-state index in [2.05, 4.69) is 0 Å². The van der Waals surface area contributed by atoms with E-state index in [1.807, 2.05) is 30.3 Å². The SMILES string of the molecule is O=Cc1ccc2c(c1)[C@@H](c1ccccc1)CC(=O)O2. The predicted octanol–water partition coefficient (Wildman–Crippen LogP) is 2.94. The normalized spacial score (nSPS) is 17.5. The molecule has 0 fully saturated rings. The van der Waals surface area contributed by atoms with Crippen molar-refractivity contribution in [2.45, 2.75) is 12.3 Å². The first-order valence-electron chi connectivity index (χ1n) is 6.12. The van der Waals surface area contributed by atoms with Crippen LogP contribution in [0, 0.1) is 0 Å². The van der Waals surface area contributed by atoms with E-state index < -0.39 is 0 Å². The van der Waals surface area contributed by atoms with Gasteiger partial charge in [0.2, 0.25) is 0 Å². The zero-order valence-electron chi connectivity index (χ0n) is 10.2. The van der Waals surface area contributed by atoms with Crippen LogP contribution in [0.15, 0.2) is 48.5 Å².